The van der Waals surface area contributed by atoms with Crippen LogP contribution >= 0.6 is 0 Å². The van der Waals surface area contributed by atoms with Crippen LogP contribution in [-0.2, 0) is 0 Å². The second-order valence-electron chi connectivity index (χ2n) is 4.53. The van der Waals surface area contributed by atoms with Gasteiger partial charge in [0.2, 0.25) is 0 Å². The van der Waals surface area contributed by atoms with Gasteiger partial charge in [-0.15, -0.1) is 0 Å². The molecule has 1 N–H and O–H groups in total. The van der Waals surface area contributed by atoms with Crippen molar-refractivity contribution in [2.24, 2.45) is 4.99 Å². The van der Waals surface area contributed by atoms with E-state index in [2.05, 4.69) is 31.1 Å². The number of hydrogen-bond donors (Lipinski definition) is 1. The number of rotatable bonds is 3. The van der Waals surface area contributed by atoms with Gasteiger partial charge in [-0.25, -0.2) is 0 Å². The van der Waals surface area contributed by atoms with Crippen LogP contribution in [0.3, 0.4) is 0 Å². The Hall–Kier alpha value is -0.530. The number of nitrogens with one attached hydrogen (secondary N) is 1. The van der Waals surface area contributed by atoms with Crippen LogP contribution in [0.15, 0.2) is 4.99 Å². The van der Waals surface area contributed by atoms with E-state index < -0.39 is 0 Å². The normalized spacial score (nSPS) is 18.6. The van der Waals surface area contributed by atoms with Crippen LogP contribution in [0.2, 0.25) is 0 Å². The lowest BCUT2D eigenvalue weighted by Crippen LogP contribution is -2.44. The van der Waals surface area contributed by atoms with Gasteiger partial charge in [0.05, 0.1) is 5.84 Å². The van der Waals surface area contributed by atoms with Crippen molar-refractivity contribution in [1.82, 2.24) is 5.32 Å². The molecule has 0 saturated heterocycles. The second-order valence-corrected chi connectivity index (χ2v) is 4.53. The Morgan fingerprint density at radius 1 is 1.21 bits per heavy atom. The van der Waals surface area contributed by atoms with Gasteiger partial charge in [-0.05, 0) is 32.6 Å². The van der Waals surface area contributed by atoms with E-state index in [1.54, 1.807) is 0 Å². The van der Waals surface area contributed by atoms with Gasteiger partial charge >= 0.3 is 0 Å². The quantitative estimate of drug-likeness (QED) is 0.737. The van der Waals surface area contributed by atoms with Crippen LogP contribution in [-0.4, -0.2) is 17.9 Å². The first-order valence-corrected chi connectivity index (χ1v) is 6.01. The van der Waals surface area contributed by atoms with E-state index in [0.717, 1.165) is 13.0 Å². The molecular formula is C12H24N2. The maximum Gasteiger partial charge on any atom is 0.0967 e. The van der Waals surface area contributed by atoms with Gasteiger partial charge < -0.3 is 5.32 Å². The molecule has 1 rings (SSSR count). The molecule has 2 heteroatoms. The average molecular weight is 196 g/mol. The molecule has 0 aromatic rings. The average Bonchev–Trinajstić information content (AvgIpc) is 2.46. The van der Waals surface area contributed by atoms with E-state index in [-0.39, 0.29) is 5.54 Å². The van der Waals surface area contributed by atoms with Crippen molar-refractivity contribution in [3.63, 3.8) is 0 Å². The lowest BCUT2D eigenvalue weighted by molar-refractivity contribution is 0.386. The first-order chi connectivity index (χ1) is 6.70. The monoisotopic (exact) mass is 196 g/mol. The molecule has 0 radical (unpaired) electrons. The highest BCUT2D eigenvalue weighted by molar-refractivity contribution is 5.83. The van der Waals surface area contributed by atoms with Crippen LogP contribution in [0.1, 0.15) is 59.3 Å². The molecule has 0 saturated carbocycles. The highest BCUT2D eigenvalue weighted by atomic mass is 15.0. The van der Waals surface area contributed by atoms with Gasteiger partial charge in [0.15, 0.2) is 0 Å². The van der Waals surface area contributed by atoms with Crippen LogP contribution in [0, 0.1) is 0 Å². The molecule has 0 atom stereocenters. The van der Waals surface area contributed by atoms with E-state index in [4.69, 9.17) is 0 Å². The van der Waals surface area contributed by atoms with Crippen LogP contribution in [0.5, 0.6) is 0 Å². The third-order valence-corrected chi connectivity index (χ3v) is 3.38. The zero-order valence-corrected chi connectivity index (χ0v) is 9.90. The molecule has 2 nitrogen and oxygen atoms in total. The van der Waals surface area contributed by atoms with Crippen molar-refractivity contribution in [2.75, 3.05) is 6.54 Å². The summed E-state index contributed by atoms with van der Waals surface area (Å²) in [6, 6.07) is 0. The fourth-order valence-electron chi connectivity index (χ4n) is 1.75. The largest absolute Gasteiger partial charge is 0.369 e. The highest BCUT2D eigenvalue weighted by Crippen LogP contribution is 2.15. The minimum Gasteiger partial charge on any atom is -0.369 e. The molecule has 1 aliphatic rings. The first-order valence-electron chi connectivity index (χ1n) is 6.01. The molecule has 0 bridgehead atoms. The molecule has 0 spiro atoms. The fourth-order valence-corrected chi connectivity index (χ4v) is 1.75. The minimum atomic E-state index is 0.253. The number of nitrogens with zero attached hydrogens (tertiary/aromatic N) is 1. The smallest absolute Gasteiger partial charge is 0.0967 e. The molecule has 82 valence electrons. The summed E-state index contributed by atoms with van der Waals surface area (Å²) in [5.74, 6) is 1.24. The molecule has 0 fully saturated rings. The maximum absolute atomic E-state index is 4.61. The van der Waals surface area contributed by atoms with E-state index in [0.29, 0.717) is 0 Å². The predicted octanol–water partition coefficient (Wildman–Crippen LogP) is 3.13. The third-order valence-electron chi connectivity index (χ3n) is 3.38. The van der Waals surface area contributed by atoms with Gasteiger partial charge in [0.25, 0.3) is 0 Å². The third kappa shape index (κ3) is 3.32. The molecule has 14 heavy (non-hydrogen) atoms. The van der Waals surface area contributed by atoms with Gasteiger partial charge in [-0.3, -0.25) is 4.99 Å². The number of hydrogen-bond acceptors (Lipinski definition) is 2. The van der Waals surface area contributed by atoms with E-state index in [9.17, 15) is 0 Å². The maximum atomic E-state index is 4.61. The molecule has 0 aromatic heterocycles. The van der Waals surface area contributed by atoms with Crippen LogP contribution in [0.4, 0.5) is 0 Å². The summed E-state index contributed by atoms with van der Waals surface area (Å²) in [6.07, 6.45) is 7.39. The van der Waals surface area contributed by atoms with Crippen LogP contribution < -0.4 is 5.32 Å². The fraction of sp³-hybridized carbons (Fsp3) is 0.917. The molecule has 0 aromatic carbocycles. The molecule has 0 amide bonds. The molecular weight excluding hydrogens is 172 g/mol. The predicted molar refractivity (Wildman–Crippen MR) is 62.9 cm³/mol. The summed E-state index contributed by atoms with van der Waals surface area (Å²) < 4.78 is 0. The summed E-state index contributed by atoms with van der Waals surface area (Å²) in [7, 11) is 0. The Labute approximate surface area is 88.2 Å². The zero-order valence-electron chi connectivity index (χ0n) is 9.90. The lowest BCUT2D eigenvalue weighted by atomic mass is 9.95. The Balaban J connectivity index is 2.52. The Morgan fingerprint density at radius 2 is 1.93 bits per heavy atom. The van der Waals surface area contributed by atoms with Crippen molar-refractivity contribution in [3.05, 3.63) is 0 Å². The SMILES string of the molecule is CCC(C)(CC)NC1=NCCCCC1. The van der Waals surface area contributed by atoms with Crippen molar-refractivity contribution in [1.29, 1.82) is 0 Å². The van der Waals surface area contributed by atoms with Crippen molar-refractivity contribution in [2.45, 2.75) is 64.8 Å². The molecule has 0 unspecified atom stereocenters. The summed E-state index contributed by atoms with van der Waals surface area (Å²) in [5.41, 5.74) is 0.253. The Morgan fingerprint density at radius 3 is 2.57 bits per heavy atom. The van der Waals surface area contributed by atoms with E-state index >= 15 is 0 Å². The van der Waals surface area contributed by atoms with E-state index in [1.807, 2.05) is 0 Å². The van der Waals surface area contributed by atoms with Gasteiger partial charge in [0, 0.05) is 18.5 Å². The van der Waals surface area contributed by atoms with Crippen molar-refractivity contribution >= 4 is 5.84 Å². The Bertz CT molecular complexity index is 192. The van der Waals surface area contributed by atoms with Crippen LogP contribution in [0.25, 0.3) is 0 Å². The zero-order chi connectivity index (χ0) is 10.4. The molecule has 1 aliphatic heterocycles. The summed E-state index contributed by atoms with van der Waals surface area (Å²) in [4.78, 5) is 4.61. The lowest BCUT2D eigenvalue weighted by Gasteiger charge is -2.30. The summed E-state index contributed by atoms with van der Waals surface area (Å²) in [5, 5.41) is 3.62. The molecule has 0 aliphatic carbocycles. The van der Waals surface area contributed by atoms with Gasteiger partial charge in [-0.2, -0.15) is 0 Å². The first kappa shape index (κ1) is 11.5. The topological polar surface area (TPSA) is 24.4 Å². The summed E-state index contributed by atoms with van der Waals surface area (Å²) in [6.45, 7) is 7.80. The molecule has 1 heterocycles. The standard InChI is InChI=1S/C12H24N2/c1-4-12(3,5-2)14-11-9-7-6-8-10-13-11/h4-10H2,1-3H3,(H,13,14). The summed E-state index contributed by atoms with van der Waals surface area (Å²) >= 11 is 0. The second kappa shape index (κ2) is 5.38. The van der Waals surface area contributed by atoms with E-state index in [1.165, 1.54) is 37.9 Å². The van der Waals surface area contributed by atoms with Gasteiger partial charge in [-0.1, -0.05) is 20.3 Å². The van der Waals surface area contributed by atoms with Crippen molar-refractivity contribution < 1.29 is 0 Å². The number of amidine groups is 1. The highest BCUT2D eigenvalue weighted by Gasteiger charge is 2.20. The number of aliphatic imine (C=N–C) groups is 1. The van der Waals surface area contributed by atoms with Crippen molar-refractivity contribution in [3.8, 4) is 0 Å². The Kier molecular flexibility index (Phi) is 4.43. The van der Waals surface area contributed by atoms with Gasteiger partial charge in [0.1, 0.15) is 0 Å². The minimum absolute atomic E-state index is 0.253.